The van der Waals surface area contributed by atoms with Crippen molar-refractivity contribution in [1.29, 1.82) is 0 Å². The zero-order valence-corrected chi connectivity index (χ0v) is 15.9. The highest BCUT2D eigenvalue weighted by Crippen LogP contribution is 2.19. The van der Waals surface area contributed by atoms with Gasteiger partial charge in [-0.2, -0.15) is 5.10 Å². The van der Waals surface area contributed by atoms with Crippen LogP contribution in [0.4, 0.5) is 14.6 Å². The predicted molar refractivity (Wildman–Crippen MR) is 104 cm³/mol. The Bertz CT molecular complexity index is 976. The molecule has 0 saturated carbocycles. The van der Waals surface area contributed by atoms with Crippen molar-refractivity contribution in [3.8, 4) is 0 Å². The molecule has 1 amide bonds. The van der Waals surface area contributed by atoms with Gasteiger partial charge in [-0.15, -0.1) is 0 Å². The molecule has 1 heterocycles. The molecular weight excluding hydrogens is 386 g/mol. The number of amides is 1. The van der Waals surface area contributed by atoms with Gasteiger partial charge >= 0.3 is 0 Å². The van der Waals surface area contributed by atoms with E-state index in [0.29, 0.717) is 17.4 Å². The van der Waals surface area contributed by atoms with Crippen LogP contribution >= 0.6 is 11.6 Å². The number of carbonyl (C=O) groups is 1. The van der Waals surface area contributed by atoms with E-state index < -0.39 is 17.7 Å². The van der Waals surface area contributed by atoms with Gasteiger partial charge in [0, 0.05) is 28.8 Å². The number of hydrogen-bond acceptors (Lipinski definition) is 3. The highest BCUT2D eigenvalue weighted by molar-refractivity contribution is 6.31. The highest BCUT2D eigenvalue weighted by atomic mass is 35.5. The molecule has 0 fully saturated rings. The third-order valence-electron chi connectivity index (χ3n) is 4.26. The van der Waals surface area contributed by atoms with E-state index in [1.165, 1.54) is 12.1 Å². The number of nitrogens with one attached hydrogen (secondary N) is 2. The van der Waals surface area contributed by atoms with Crippen molar-refractivity contribution in [1.82, 2.24) is 15.1 Å². The number of aromatic nitrogens is 2. The van der Waals surface area contributed by atoms with Crippen molar-refractivity contribution >= 4 is 23.3 Å². The number of rotatable bonds is 7. The van der Waals surface area contributed by atoms with Crippen LogP contribution in [0.25, 0.3) is 0 Å². The number of hydrogen-bond donors (Lipinski definition) is 2. The van der Waals surface area contributed by atoms with E-state index in [4.69, 9.17) is 11.6 Å². The van der Waals surface area contributed by atoms with Gasteiger partial charge in [0.15, 0.2) is 0 Å². The monoisotopic (exact) mass is 404 g/mol. The fraction of sp³-hybridized carbons (Fsp3) is 0.200. The average molecular weight is 405 g/mol. The Morgan fingerprint density at radius 1 is 1.21 bits per heavy atom. The van der Waals surface area contributed by atoms with Gasteiger partial charge in [0.05, 0.1) is 19.3 Å². The summed E-state index contributed by atoms with van der Waals surface area (Å²) in [5.41, 5.74) is 1.17. The summed E-state index contributed by atoms with van der Waals surface area (Å²) in [4.78, 5) is 12.3. The molecule has 0 saturated heterocycles. The van der Waals surface area contributed by atoms with Crippen LogP contribution in [0.5, 0.6) is 0 Å². The summed E-state index contributed by atoms with van der Waals surface area (Å²) in [6, 6.07) is 12.0. The van der Waals surface area contributed by atoms with Crippen LogP contribution in [0.3, 0.4) is 0 Å². The molecule has 1 aromatic heterocycles. The number of anilines is 1. The van der Waals surface area contributed by atoms with Gasteiger partial charge < -0.3 is 10.6 Å². The van der Waals surface area contributed by atoms with Crippen molar-refractivity contribution in [2.45, 2.75) is 19.5 Å². The van der Waals surface area contributed by atoms with Crippen LogP contribution in [0.2, 0.25) is 5.02 Å². The SMILES string of the molecule is CC(NCC(=O)Nc1ccnn1Cc1ccccc1Cl)c1ccc(F)cc1F. The molecule has 5 nitrogen and oxygen atoms in total. The Balaban J connectivity index is 1.58. The van der Waals surface area contributed by atoms with Gasteiger partial charge in [-0.05, 0) is 24.6 Å². The second kappa shape index (κ2) is 8.95. The van der Waals surface area contributed by atoms with Gasteiger partial charge in [0.1, 0.15) is 17.5 Å². The molecule has 1 unspecified atom stereocenters. The van der Waals surface area contributed by atoms with E-state index in [9.17, 15) is 13.6 Å². The molecule has 0 spiro atoms. The number of benzene rings is 2. The summed E-state index contributed by atoms with van der Waals surface area (Å²) >= 11 is 6.17. The first-order valence-electron chi connectivity index (χ1n) is 8.67. The summed E-state index contributed by atoms with van der Waals surface area (Å²) in [7, 11) is 0. The molecule has 1 atom stereocenters. The lowest BCUT2D eigenvalue weighted by atomic mass is 10.1. The smallest absolute Gasteiger partial charge is 0.239 e. The number of nitrogens with zero attached hydrogens (tertiary/aromatic N) is 2. The summed E-state index contributed by atoms with van der Waals surface area (Å²) in [6.45, 7) is 2.06. The van der Waals surface area contributed by atoms with Crippen LogP contribution in [0, 0.1) is 11.6 Å². The molecule has 0 aliphatic heterocycles. The lowest BCUT2D eigenvalue weighted by molar-refractivity contribution is -0.115. The maximum absolute atomic E-state index is 13.8. The second-order valence-electron chi connectivity index (χ2n) is 6.28. The first kappa shape index (κ1) is 20.0. The minimum atomic E-state index is -0.654. The van der Waals surface area contributed by atoms with Gasteiger partial charge in [-0.3, -0.25) is 4.79 Å². The van der Waals surface area contributed by atoms with E-state index in [-0.39, 0.29) is 18.0 Å². The molecule has 0 aliphatic carbocycles. The topological polar surface area (TPSA) is 59.0 Å². The van der Waals surface area contributed by atoms with E-state index in [2.05, 4.69) is 15.7 Å². The summed E-state index contributed by atoms with van der Waals surface area (Å²) in [6.07, 6.45) is 1.58. The zero-order valence-electron chi connectivity index (χ0n) is 15.1. The molecule has 0 radical (unpaired) electrons. The molecule has 146 valence electrons. The van der Waals surface area contributed by atoms with Crippen molar-refractivity contribution < 1.29 is 13.6 Å². The van der Waals surface area contributed by atoms with Crippen molar-refractivity contribution in [2.24, 2.45) is 0 Å². The normalized spacial score (nSPS) is 12.0. The minimum absolute atomic E-state index is 0.0464. The lowest BCUT2D eigenvalue weighted by Gasteiger charge is -2.15. The highest BCUT2D eigenvalue weighted by Gasteiger charge is 2.14. The molecule has 2 aromatic carbocycles. The fourth-order valence-electron chi connectivity index (χ4n) is 2.75. The third kappa shape index (κ3) is 4.94. The Morgan fingerprint density at radius 2 is 2.00 bits per heavy atom. The van der Waals surface area contributed by atoms with Crippen molar-refractivity contribution in [2.75, 3.05) is 11.9 Å². The van der Waals surface area contributed by atoms with Gasteiger partial charge in [-0.25, -0.2) is 13.5 Å². The van der Waals surface area contributed by atoms with E-state index in [0.717, 1.165) is 11.6 Å². The largest absolute Gasteiger partial charge is 0.310 e. The molecule has 0 aliphatic rings. The Morgan fingerprint density at radius 3 is 2.75 bits per heavy atom. The number of halogens is 3. The minimum Gasteiger partial charge on any atom is -0.310 e. The molecule has 3 rings (SSSR count). The summed E-state index contributed by atoms with van der Waals surface area (Å²) < 4.78 is 28.5. The van der Waals surface area contributed by atoms with Crippen molar-refractivity contribution in [3.05, 3.63) is 82.5 Å². The molecule has 8 heteroatoms. The summed E-state index contributed by atoms with van der Waals surface area (Å²) in [5.74, 6) is -1.08. The molecule has 0 bridgehead atoms. The van der Waals surface area contributed by atoms with Gasteiger partial charge in [0.25, 0.3) is 0 Å². The molecule has 3 aromatic rings. The quantitative estimate of drug-likeness (QED) is 0.622. The van der Waals surface area contributed by atoms with Gasteiger partial charge in [-0.1, -0.05) is 35.9 Å². The average Bonchev–Trinajstić information content (AvgIpc) is 3.08. The third-order valence-corrected chi connectivity index (χ3v) is 4.63. The van der Waals surface area contributed by atoms with Gasteiger partial charge in [0.2, 0.25) is 5.91 Å². The van der Waals surface area contributed by atoms with Crippen LogP contribution in [-0.4, -0.2) is 22.2 Å². The predicted octanol–water partition coefficient (Wildman–Crippen LogP) is 4.15. The lowest BCUT2D eigenvalue weighted by Crippen LogP contribution is -2.31. The molecule has 2 N–H and O–H groups in total. The Kier molecular flexibility index (Phi) is 6.38. The fourth-order valence-corrected chi connectivity index (χ4v) is 2.94. The first-order chi connectivity index (χ1) is 13.4. The molecule has 28 heavy (non-hydrogen) atoms. The number of carbonyl (C=O) groups excluding carboxylic acids is 1. The Labute approximate surface area is 166 Å². The first-order valence-corrected chi connectivity index (χ1v) is 9.05. The second-order valence-corrected chi connectivity index (χ2v) is 6.69. The zero-order chi connectivity index (χ0) is 20.1. The van der Waals surface area contributed by atoms with E-state index in [1.54, 1.807) is 29.9 Å². The standard InChI is InChI=1S/C20H19ClF2N4O/c1-13(16-7-6-15(22)10-18(16)23)24-11-20(28)26-19-8-9-25-27(19)12-14-4-2-3-5-17(14)21/h2-10,13,24H,11-12H2,1H3,(H,26,28). The van der Waals surface area contributed by atoms with Crippen LogP contribution in [0.15, 0.2) is 54.7 Å². The van der Waals surface area contributed by atoms with E-state index >= 15 is 0 Å². The van der Waals surface area contributed by atoms with Crippen LogP contribution in [-0.2, 0) is 11.3 Å². The van der Waals surface area contributed by atoms with Crippen molar-refractivity contribution in [3.63, 3.8) is 0 Å². The van der Waals surface area contributed by atoms with Crippen LogP contribution in [0.1, 0.15) is 24.1 Å². The van der Waals surface area contributed by atoms with Crippen LogP contribution < -0.4 is 10.6 Å². The Hall–Kier alpha value is -2.77. The summed E-state index contributed by atoms with van der Waals surface area (Å²) in [5, 5.41) is 10.5. The molecular formula is C20H19ClF2N4O. The van der Waals surface area contributed by atoms with E-state index in [1.807, 2.05) is 18.2 Å². The maximum atomic E-state index is 13.8. The maximum Gasteiger partial charge on any atom is 0.239 e.